The van der Waals surface area contributed by atoms with Gasteiger partial charge in [-0.2, -0.15) is 0 Å². The fourth-order valence-corrected chi connectivity index (χ4v) is 2.58. The van der Waals surface area contributed by atoms with Gasteiger partial charge in [0.2, 0.25) is 0 Å². The Kier molecular flexibility index (Phi) is 9.16. The first-order valence-electron chi connectivity index (χ1n) is 8.63. The van der Waals surface area contributed by atoms with Gasteiger partial charge < -0.3 is 9.80 Å². The van der Waals surface area contributed by atoms with Crippen LogP contribution in [0.2, 0.25) is 0 Å². The molecule has 0 bridgehead atoms. The number of hydrogen-bond donors (Lipinski definition) is 0. The summed E-state index contributed by atoms with van der Waals surface area (Å²) in [6, 6.07) is 1.41. The van der Waals surface area contributed by atoms with Crippen molar-refractivity contribution in [3.63, 3.8) is 0 Å². The SMILES string of the molecule is CC(C)N1CCC=CCC1.CCC(C)N1C=CC=CCC1. The molecule has 2 nitrogen and oxygen atoms in total. The summed E-state index contributed by atoms with van der Waals surface area (Å²) in [5.74, 6) is 0. The maximum atomic E-state index is 2.53. The molecule has 0 saturated heterocycles. The van der Waals surface area contributed by atoms with Crippen molar-refractivity contribution in [3.8, 4) is 0 Å². The average Bonchev–Trinajstić information content (AvgIpc) is 2.92. The van der Waals surface area contributed by atoms with Gasteiger partial charge in [0, 0.05) is 31.7 Å². The van der Waals surface area contributed by atoms with Crippen LogP contribution in [0.3, 0.4) is 0 Å². The van der Waals surface area contributed by atoms with Crippen LogP contribution in [0.15, 0.2) is 36.6 Å². The Balaban J connectivity index is 0.000000211. The van der Waals surface area contributed by atoms with Crippen LogP contribution in [0, 0.1) is 0 Å². The second-order valence-electron chi connectivity index (χ2n) is 6.23. The molecule has 21 heavy (non-hydrogen) atoms. The molecule has 0 aromatic rings. The smallest absolute Gasteiger partial charge is 0.0253 e. The van der Waals surface area contributed by atoms with Crippen molar-refractivity contribution in [1.82, 2.24) is 9.80 Å². The van der Waals surface area contributed by atoms with Crippen molar-refractivity contribution >= 4 is 0 Å². The van der Waals surface area contributed by atoms with Crippen molar-refractivity contribution in [2.75, 3.05) is 19.6 Å². The minimum absolute atomic E-state index is 0.686. The van der Waals surface area contributed by atoms with Crippen LogP contribution in [0.25, 0.3) is 0 Å². The molecule has 2 aliphatic rings. The van der Waals surface area contributed by atoms with Crippen LogP contribution in [0.5, 0.6) is 0 Å². The zero-order valence-corrected chi connectivity index (χ0v) is 14.5. The molecular weight excluding hydrogens is 256 g/mol. The van der Waals surface area contributed by atoms with E-state index < -0.39 is 0 Å². The van der Waals surface area contributed by atoms with E-state index in [4.69, 9.17) is 0 Å². The lowest BCUT2D eigenvalue weighted by molar-refractivity contribution is 0.234. The fourth-order valence-electron chi connectivity index (χ4n) is 2.58. The lowest BCUT2D eigenvalue weighted by atomic mass is 10.2. The van der Waals surface area contributed by atoms with E-state index in [1.807, 2.05) is 0 Å². The number of rotatable bonds is 3. The Morgan fingerprint density at radius 1 is 0.857 bits per heavy atom. The highest BCUT2D eigenvalue weighted by molar-refractivity contribution is 5.05. The van der Waals surface area contributed by atoms with Crippen LogP contribution >= 0.6 is 0 Å². The molecule has 120 valence electrons. The van der Waals surface area contributed by atoms with Crippen molar-refractivity contribution in [1.29, 1.82) is 0 Å². The maximum absolute atomic E-state index is 2.53. The number of nitrogens with zero attached hydrogens (tertiary/aromatic N) is 2. The molecule has 2 aliphatic heterocycles. The largest absolute Gasteiger partial charge is 0.374 e. The first-order chi connectivity index (χ1) is 10.1. The van der Waals surface area contributed by atoms with Gasteiger partial charge in [-0.15, -0.1) is 0 Å². The van der Waals surface area contributed by atoms with Crippen LogP contribution in [-0.2, 0) is 0 Å². The summed E-state index contributed by atoms with van der Waals surface area (Å²) in [4.78, 5) is 4.93. The standard InChI is InChI=1S/C10H17N.C9H17N/c1-3-10(2)11-8-6-4-5-7-9-11;1-9(2)10-7-5-3-4-6-8-10/h4-6,8,10H,3,7,9H2,1-2H3;3-4,9H,5-8H2,1-2H3. The van der Waals surface area contributed by atoms with E-state index in [1.54, 1.807) is 0 Å². The van der Waals surface area contributed by atoms with E-state index >= 15 is 0 Å². The normalized spacial score (nSPS) is 20.7. The van der Waals surface area contributed by atoms with E-state index in [9.17, 15) is 0 Å². The highest BCUT2D eigenvalue weighted by Crippen LogP contribution is 2.08. The van der Waals surface area contributed by atoms with Crippen molar-refractivity contribution in [2.24, 2.45) is 0 Å². The molecule has 1 atom stereocenters. The third-order valence-electron chi connectivity index (χ3n) is 4.30. The lowest BCUT2D eigenvalue weighted by Crippen LogP contribution is -2.31. The predicted molar refractivity (Wildman–Crippen MR) is 94.4 cm³/mol. The summed E-state index contributed by atoms with van der Waals surface area (Å²) < 4.78 is 0. The molecule has 0 aromatic heterocycles. The molecule has 0 fully saturated rings. The van der Waals surface area contributed by atoms with Crippen LogP contribution in [0.1, 0.15) is 53.4 Å². The van der Waals surface area contributed by atoms with E-state index in [0.717, 1.165) is 6.04 Å². The van der Waals surface area contributed by atoms with E-state index in [-0.39, 0.29) is 0 Å². The van der Waals surface area contributed by atoms with Gasteiger partial charge in [0.05, 0.1) is 0 Å². The summed E-state index contributed by atoms with van der Waals surface area (Å²) in [5.41, 5.74) is 0. The molecule has 0 spiro atoms. The first kappa shape index (κ1) is 18.0. The molecule has 0 N–H and O–H groups in total. The van der Waals surface area contributed by atoms with Gasteiger partial charge in [-0.05, 0) is 58.7 Å². The second-order valence-corrected chi connectivity index (χ2v) is 6.23. The summed E-state index contributed by atoms with van der Waals surface area (Å²) in [5, 5.41) is 0. The maximum Gasteiger partial charge on any atom is 0.0253 e. The summed E-state index contributed by atoms with van der Waals surface area (Å²) >= 11 is 0. The number of allylic oxidation sites excluding steroid dienone is 2. The van der Waals surface area contributed by atoms with E-state index in [2.05, 4.69) is 74.1 Å². The van der Waals surface area contributed by atoms with Crippen LogP contribution in [-0.4, -0.2) is 41.5 Å². The summed E-state index contributed by atoms with van der Waals surface area (Å²) in [6.07, 6.45) is 18.1. The Labute approximate surface area is 132 Å². The zero-order chi connectivity index (χ0) is 15.5. The molecule has 2 rings (SSSR count). The van der Waals surface area contributed by atoms with Gasteiger partial charge in [0.25, 0.3) is 0 Å². The topological polar surface area (TPSA) is 6.48 Å². The molecule has 0 saturated carbocycles. The summed E-state index contributed by atoms with van der Waals surface area (Å²) in [6.45, 7) is 12.7. The van der Waals surface area contributed by atoms with E-state index in [1.165, 1.54) is 45.3 Å². The van der Waals surface area contributed by atoms with Crippen LogP contribution < -0.4 is 0 Å². The minimum Gasteiger partial charge on any atom is -0.374 e. The molecule has 0 aliphatic carbocycles. The monoisotopic (exact) mass is 290 g/mol. The Morgan fingerprint density at radius 3 is 2.05 bits per heavy atom. The van der Waals surface area contributed by atoms with Crippen molar-refractivity contribution in [2.45, 2.75) is 65.5 Å². The first-order valence-corrected chi connectivity index (χ1v) is 8.63. The average molecular weight is 290 g/mol. The summed E-state index contributed by atoms with van der Waals surface area (Å²) in [7, 11) is 0. The zero-order valence-electron chi connectivity index (χ0n) is 14.5. The molecule has 2 heteroatoms. The van der Waals surface area contributed by atoms with Gasteiger partial charge >= 0.3 is 0 Å². The van der Waals surface area contributed by atoms with Gasteiger partial charge in [0.15, 0.2) is 0 Å². The Hall–Kier alpha value is -1.02. The van der Waals surface area contributed by atoms with Gasteiger partial charge in [-0.25, -0.2) is 0 Å². The third kappa shape index (κ3) is 7.52. The molecule has 1 unspecified atom stereocenters. The fraction of sp³-hybridized carbons (Fsp3) is 0.684. The third-order valence-corrected chi connectivity index (χ3v) is 4.30. The Bertz CT molecular complexity index is 331. The second kappa shape index (κ2) is 10.7. The van der Waals surface area contributed by atoms with E-state index in [0.29, 0.717) is 6.04 Å². The predicted octanol–water partition coefficient (Wildman–Crippen LogP) is 4.61. The lowest BCUT2D eigenvalue weighted by Gasteiger charge is -2.25. The molecule has 0 radical (unpaired) electrons. The van der Waals surface area contributed by atoms with Crippen LogP contribution in [0.4, 0.5) is 0 Å². The molecule has 0 amide bonds. The minimum atomic E-state index is 0.686. The van der Waals surface area contributed by atoms with Gasteiger partial charge in [-0.3, -0.25) is 0 Å². The number of hydrogen-bond acceptors (Lipinski definition) is 2. The van der Waals surface area contributed by atoms with Gasteiger partial charge in [-0.1, -0.05) is 31.2 Å². The molecular formula is C19H34N2. The van der Waals surface area contributed by atoms with Gasteiger partial charge in [0.1, 0.15) is 0 Å². The highest BCUT2D eigenvalue weighted by atomic mass is 15.1. The van der Waals surface area contributed by atoms with Crippen molar-refractivity contribution in [3.05, 3.63) is 36.6 Å². The quantitative estimate of drug-likeness (QED) is 0.700. The molecule has 0 aromatic carbocycles. The highest BCUT2D eigenvalue weighted by Gasteiger charge is 2.08. The molecule has 2 heterocycles. The Morgan fingerprint density at radius 2 is 1.48 bits per heavy atom. The van der Waals surface area contributed by atoms with Crippen molar-refractivity contribution < 1.29 is 0 Å².